The zero-order valence-electron chi connectivity index (χ0n) is 13.7. The maximum absolute atomic E-state index is 12.1. The van der Waals surface area contributed by atoms with Crippen LogP contribution < -0.4 is 0 Å². The van der Waals surface area contributed by atoms with Crippen molar-refractivity contribution in [2.75, 3.05) is 6.61 Å². The lowest BCUT2D eigenvalue weighted by Crippen LogP contribution is -2.67. The van der Waals surface area contributed by atoms with Gasteiger partial charge in [0.25, 0.3) is 0 Å². The molecular formula is C14H16N2O8S. The summed E-state index contributed by atoms with van der Waals surface area (Å²) >= 11 is 4.59. The summed E-state index contributed by atoms with van der Waals surface area (Å²) in [5, 5.41) is 2.12. The fourth-order valence-electron chi connectivity index (χ4n) is 2.91. The Bertz CT molecular complexity index is 647. The molecule has 136 valence electrons. The predicted octanol–water partition coefficient (Wildman–Crippen LogP) is 0.0448. The number of aliphatic imine (C=N–C) groups is 1. The molecule has 2 heterocycles. The zero-order valence-corrected chi connectivity index (χ0v) is 14.5. The molecule has 0 bridgehead atoms. The van der Waals surface area contributed by atoms with E-state index in [4.69, 9.17) is 18.9 Å². The molecule has 0 radical (unpaired) electrons. The molecule has 0 aromatic heterocycles. The summed E-state index contributed by atoms with van der Waals surface area (Å²) in [5.74, 6) is -2.07. The first kappa shape index (κ1) is 18.8. The summed E-state index contributed by atoms with van der Waals surface area (Å²) in [5.41, 5.74) is 0. The van der Waals surface area contributed by atoms with E-state index in [1.807, 2.05) is 0 Å². The highest BCUT2D eigenvalue weighted by Crippen LogP contribution is 2.35. The molecule has 10 nitrogen and oxygen atoms in total. The number of hydrogen-bond donors (Lipinski definition) is 0. The van der Waals surface area contributed by atoms with Gasteiger partial charge in [-0.05, 0) is 12.2 Å². The molecule has 25 heavy (non-hydrogen) atoms. The van der Waals surface area contributed by atoms with E-state index in [1.165, 1.54) is 0 Å². The number of carbonyl (C=O) groups is 4. The van der Waals surface area contributed by atoms with Crippen molar-refractivity contribution in [2.45, 2.75) is 51.3 Å². The van der Waals surface area contributed by atoms with Gasteiger partial charge in [0.2, 0.25) is 0 Å². The number of hydrogen-bond acceptors (Lipinski definition) is 10. The Morgan fingerprint density at radius 2 is 1.60 bits per heavy atom. The molecule has 0 aromatic carbocycles. The fraction of sp³-hybridized carbons (Fsp3) is 0.643. The minimum Gasteiger partial charge on any atom is -0.456 e. The molecule has 0 saturated carbocycles. The van der Waals surface area contributed by atoms with Gasteiger partial charge in [-0.3, -0.25) is 19.3 Å². The molecule has 0 spiro atoms. The molecule has 2 saturated heterocycles. The molecular weight excluding hydrogens is 356 g/mol. The molecule has 0 aliphatic carbocycles. The van der Waals surface area contributed by atoms with E-state index in [1.54, 1.807) is 0 Å². The first-order valence-electron chi connectivity index (χ1n) is 7.30. The average Bonchev–Trinajstić information content (AvgIpc) is 2.87. The van der Waals surface area contributed by atoms with Gasteiger partial charge in [-0.25, -0.2) is 9.79 Å². The highest BCUT2D eigenvalue weighted by Gasteiger charge is 2.59. The number of cyclic esters (lactones) is 1. The number of ether oxygens (including phenoxy) is 4. The largest absolute Gasteiger partial charge is 0.456 e. The Labute approximate surface area is 148 Å². The lowest BCUT2D eigenvalue weighted by molar-refractivity contribution is -0.205. The van der Waals surface area contributed by atoms with Crippen molar-refractivity contribution in [1.29, 1.82) is 0 Å². The smallest absolute Gasteiger partial charge is 0.412 e. The summed E-state index contributed by atoms with van der Waals surface area (Å²) in [6.45, 7) is 3.33. The fourth-order valence-corrected chi connectivity index (χ4v) is 3.02. The van der Waals surface area contributed by atoms with Crippen LogP contribution in [-0.4, -0.2) is 71.2 Å². The number of piperidine rings is 1. The van der Waals surface area contributed by atoms with Crippen molar-refractivity contribution in [3.05, 3.63) is 0 Å². The highest BCUT2D eigenvalue weighted by molar-refractivity contribution is 7.78. The molecule has 2 aliphatic heterocycles. The van der Waals surface area contributed by atoms with Gasteiger partial charge in [0.1, 0.15) is 12.6 Å². The molecule has 11 heteroatoms. The number of carbonyl (C=O) groups excluding carboxylic acids is 4. The first-order chi connectivity index (χ1) is 11.8. The van der Waals surface area contributed by atoms with E-state index in [0.29, 0.717) is 0 Å². The van der Waals surface area contributed by atoms with Gasteiger partial charge >= 0.3 is 24.0 Å². The molecule has 2 rings (SSSR count). The average molecular weight is 372 g/mol. The number of rotatable bonds is 4. The summed E-state index contributed by atoms with van der Waals surface area (Å²) < 4.78 is 20.7. The van der Waals surface area contributed by atoms with Crippen LogP contribution in [0.3, 0.4) is 0 Å². The summed E-state index contributed by atoms with van der Waals surface area (Å²) in [7, 11) is 0. The molecule has 2 aliphatic rings. The Morgan fingerprint density at radius 1 is 1.08 bits per heavy atom. The SMILES string of the molecule is CC(=O)OC1C(OC(C)=O)[C@@H](N=C=S)N2C(=O)OCC2[C@H]1OC(C)=O. The van der Waals surface area contributed by atoms with Gasteiger partial charge in [0.15, 0.2) is 24.5 Å². The lowest BCUT2D eigenvalue weighted by Gasteiger charge is -2.45. The summed E-state index contributed by atoms with van der Waals surface area (Å²) in [6, 6.07) is -0.787. The molecule has 2 fully saturated rings. The van der Waals surface area contributed by atoms with Crippen molar-refractivity contribution in [3.63, 3.8) is 0 Å². The van der Waals surface area contributed by atoms with Crippen molar-refractivity contribution in [2.24, 2.45) is 4.99 Å². The van der Waals surface area contributed by atoms with E-state index in [0.717, 1.165) is 25.7 Å². The van der Waals surface area contributed by atoms with Crippen LogP contribution in [0.15, 0.2) is 4.99 Å². The molecule has 5 atom stereocenters. The van der Waals surface area contributed by atoms with Crippen LogP contribution in [-0.2, 0) is 33.3 Å². The number of nitrogens with zero attached hydrogens (tertiary/aromatic N) is 2. The molecule has 3 unspecified atom stereocenters. The van der Waals surface area contributed by atoms with E-state index < -0.39 is 54.5 Å². The van der Waals surface area contributed by atoms with Crippen LogP contribution in [0.2, 0.25) is 0 Å². The second-order valence-electron chi connectivity index (χ2n) is 5.41. The van der Waals surface area contributed by atoms with Gasteiger partial charge in [-0.15, -0.1) is 0 Å². The third-order valence-corrected chi connectivity index (χ3v) is 3.75. The van der Waals surface area contributed by atoms with Gasteiger partial charge in [0, 0.05) is 20.8 Å². The van der Waals surface area contributed by atoms with Crippen LogP contribution >= 0.6 is 12.2 Å². The Balaban J connectivity index is 2.52. The maximum atomic E-state index is 12.1. The second kappa shape index (κ2) is 7.58. The van der Waals surface area contributed by atoms with Gasteiger partial charge in [-0.1, -0.05) is 0 Å². The van der Waals surface area contributed by atoms with Gasteiger partial charge in [0.05, 0.1) is 5.16 Å². The standard InChI is InChI=1S/C14H16N2O8S/c1-6(17)22-10-9-4-21-14(20)16(9)13(15-5-25)12(24-8(3)19)11(10)23-7(2)18/h9-13H,4H2,1-3H3/t9?,10-,11?,12?,13+/m1/s1. The number of fused-ring (bicyclic) bond motifs is 1. The van der Waals surface area contributed by atoms with Gasteiger partial charge < -0.3 is 18.9 Å². The quantitative estimate of drug-likeness (QED) is 0.291. The third-order valence-electron chi connectivity index (χ3n) is 3.64. The van der Waals surface area contributed by atoms with Crippen LogP contribution in [0, 0.1) is 0 Å². The number of thiocarbonyl (C=S) groups is 1. The predicted molar refractivity (Wildman–Crippen MR) is 82.5 cm³/mol. The molecule has 1 amide bonds. The minimum absolute atomic E-state index is 0.120. The topological polar surface area (TPSA) is 121 Å². The highest BCUT2D eigenvalue weighted by atomic mass is 32.1. The van der Waals surface area contributed by atoms with E-state index in [2.05, 4.69) is 22.4 Å². The van der Waals surface area contributed by atoms with Crippen molar-refractivity contribution in [3.8, 4) is 0 Å². The molecule has 0 aromatic rings. The monoisotopic (exact) mass is 372 g/mol. The number of isothiocyanates is 1. The third kappa shape index (κ3) is 3.94. The van der Waals surface area contributed by atoms with Crippen LogP contribution in [0.4, 0.5) is 4.79 Å². The summed E-state index contributed by atoms with van der Waals surface area (Å²) in [4.78, 5) is 51.6. The second-order valence-corrected chi connectivity index (χ2v) is 5.59. The van der Waals surface area contributed by atoms with Gasteiger partial charge in [-0.2, -0.15) is 0 Å². The van der Waals surface area contributed by atoms with E-state index in [9.17, 15) is 19.2 Å². The van der Waals surface area contributed by atoms with Crippen molar-refractivity contribution in [1.82, 2.24) is 4.90 Å². The van der Waals surface area contributed by atoms with Crippen molar-refractivity contribution >= 4 is 41.4 Å². The first-order valence-corrected chi connectivity index (χ1v) is 7.70. The normalized spacial score (nSPS) is 30.4. The zero-order chi connectivity index (χ0) is 18.7. The lowest BCUT2D eigenvalue weighted by atomic mass is 9.92. The minimum atomic E-state index is -1.25. The van der Waals surface area contributed by atoms with Crippen LogP contribution in [0.1, 0.15) is 20.8 Å². The number of amides is 1. The Morgan fingerprint density at radius 3 is 2.12 bits per heavy atom. The van der Waals surface area contributed by atoms with Crippen LogP contribution in [0.5, 0.6) is 0 Å². The maximum Gasteiger partial charge on any atom is 0.412 e. The molecule has 0 N–H and O–H groups in total. The Kier molecular flexibility index (Phi) is 5.70. The number of esters is 3. The van der Waals surface area contributed by atoms with Crippen LogP contribution in [0.25, 0.3) is 0 Å². The Hall–Kier alpha value is -2.52. The van der Waals surface area contributed by atoms with E-state index >= 15 is 0 Å². The van der Waals surface area contributed by atoms with E-state index in [-0.39, 0.29) is 6.61 Å². The summed E-state index contributed by atoms with van der Waals surface area (Å²) in [6.07, 6.45) is -5.42. The van der Waals surface area contributed by atoms with Crippen molar-refractivity contribution < 1.29 is 38.1 Å².